The molecule has 0 aliphatic carbocycles. The summed E-state index contributed by atoms with van der Waals surface area (Å²) in [5.74, 6) is 0.273. The van der Waals surface area contributed by atoms with Crippen LogP contribution in [0.1, 0.15) is 31.7 Å². The van der Waals surface area contributed by atoms with Gasteiger partial charge in [-0.1, -0.05) is 17.7 Å². The number of aryl methyl sites for hydroxylation is 1. The van der Waals surface area contributed by atoms with Gasteiger partial charge < -0.3 is 15.4 Å². The Balaban J connectivity index is 1.89. The number of carbonyl (C=O) groups excluding carboxylic acids is 2. The van der Waals surface area contributed by atoms with E-state index >= 15 is 0 Å². The zero-order valence-electron chi connectivity index (χ0n) is 12.5. The molecule has 2 N–H and O–H groups in total. The van der Waals surface area contributed by atoms with Crippen molar-refractivity contribution in [3.63, 3.8) is 0 Å². The first-order valence-corrected chi connectivity index (χ1v) is 7.37. The van der Waals surface area contributed by atoms with Crippen molar-refractivity contribution in [1.29, 1.82) is 0 Å². The largest absolute Gasteiger partial charge is 0.481 e. The minimum absolute atomic E-state index is 0.108. The minimum Gasteiger partial charge on any atom is -0.481 e. The molecule has 0 aromatic heterocycles. The SMILES string of the molecule is Cc1ccc(O[C@@H](C)C(=O)N[C@@H]2CCCCNC2=O)cc1. The fourth-order valence-corrected chi connectivity index (χ4v) is 2.24. The predicted octanol–water partition coefficient (Wildman–Crippen LogP) is 1.55. The van der Waals surface area contributed by atoms with Crippen molar-refractivity contribution in [2.24, 2.45) is 0 Å². The molecule has 0 bridgehead atoms. The lowest BCUT2D eigenvalue weighted by Crippen LogP contribution is -2.49. The first-order chi connectivity index (χ1) is 10.1. The molecule has 1 aromatic rings. The summed E-state index contributed by atoms with van der Waals surface area (Å²) in [7, 11) is 0. The lowest BCUT2D eigenvalue weighted by atomic mass is 10.1. The molecule has 5 nitrogen and oxygen atoms in total. The van der Waals surface area contributed by atoms with Gasteiger partial charge in [-0.05, 0) is 45.2 Å². The number of benzene rings is 1. The van der Waals surface area contributed by atoms with Crippen molar-refractivity contribution in [3.05, 3.63) is 29.8 Å². The standard InChI is InChI=1S/C16H22N2O3/c1-11-6-8-13(9-7-11)21-12(2)15(19)18-14-5-3-4-10-17-16(14)20/h6-9,12,14H,3-5,10H2,1-2H3,(H,17,20)(H,18,19)/t12-,14+/m0/s1. The molecule has 21 heavy (non-hydrogen) atoms. The zero-order valence-corrected chi connectivity index (χ0v) is 12.5. The third kappa shape index (κ3) is 4.48. The summed E-state index contributed by atoms with van der Waals surface area (Å²) in [5.41, 5.74) is 1.13. The second kappa shape index (κ2) is 7.11. The Labute approximate surface area is 125 Å². The van der Waals surface area contributed by atoms with Gasteiger partial charge in [0.25, 0.3) is 5.91 Å². The molecule has 0 saturated carbocycles. The summed E-state index contributed by atoms with van der Waals surface area (Å²) in [6.45, 7) is 4.36. The van der Waals surface area contributed by atoms with Crippen molar-refractivity contribution in [2.75, 3.05) is 6.54 Å². The van der Waals surface area contributed by atoms with E-state index in [1.165, 1.54) is 0 Å². The van der Waals surface area contributed by atoms with E-state index < -0.39 is 12.1 Å². The Bertz CT molecular complexity index is 499. The summed E-state index contributed by atoms with van der Waals surface area (Å²) < 4.78 is 5.60. The van der Waals surface area contributed by atoms with Crippen molar-refractivity contribution in [2.45, 2.75) is 45.3 Å². The van der Waals surface area contributed by atoms with Gasteiger partial charge in [0.15, 0.2) is 6.10 Å². The summed E-state index contributed by atoms with van der Waals surface area (Å²) in [6, 6.07) is 7.07. The van der Waals surface area contributed by atoms with Crippen molar-refractivity contribution in [3.8, 4) is 5.75 Å². The van der Waals surface area contributed by atoms with E-state index in [1.807, 2.05) is 31.2 Å². The molecule has 1 fully saturated rings. The topological polar surface area (TPSA) is 67.4 Å². The highest BCUT2D eigenvalue weighted by Crippen LogP contribution is 2.13. The highest BCUT2D eigenvalue weighted by molar-refractivity contribution is 5.89. The van der Waals surface area contributed by atoms with Crippen molar-refractivity contribution in [1.82, 2.24) is 10.6 Å². The van der Waals surface area contributed by atoms with E-state index in [0.717, 1.165) is 18.4 Å². The maximum atomic E-state index is 12.1. The predicted molar refractivity (Wildman–Crippen MR) is 80.1 cm³/mol. The fraction of sp³-hybridized carbons (Fsp3) is 0.500. The van der Waals surface area contributed by atoms with E-state index in [-0.39, 0.29) is 11.8 Å². The average Bonchev–Trinajstić information content (AvgIpc) is 2.66. The molecule has 0 radical (unpaired) electrons. The molecule has 1 aliphatic heterocycles. The van der Waals surface area contributed by atoms with E-state index in [2.05, 4.69) is 10.6 Å². The number of hydrogen-bond donors (Lipinski definition) is 2. The van der Waals surface area contributed by atoms with Crippen LogP contribution in [0.15, 0.2) is 24.3 Å². The van der Waals surface area contributed by atoms with Crippen LogP contribution in [-0.4, -0.2) is 30.5 Å². The zero-order chi connectivity index (χ0) is 15.2. The molecular formula is C16H22N2O3. The lowest BCUT2D eigenvalue weighted by Gasteiger charge is -2.19. The van der Waals surface area contributed by atoms with Gasteiger partial charge in [0.05, 0.1) is 0 Å². The molecule has 2 rings (SSSR count). The molecule has 1 aliphatic rings. The van der Waals surface area contributed by atoms with Crippen LogP contribution in [0, 0.1) is 6.92 Å². The van der Waals surface area contributed by atoms with Crippen LogP contribution in [0.2, 0.25) is 0 Å². The van der Waals surface area contributed by atoms with Crippen LogP contribution in [-0.2, 0) is 9.59 Å². The Kier molecular flexibility index (Phi) is 5.20. The van der Waals surface area contributed by atoms with Gasteiger partial charge in [-0.3, -0.25) is 9.59 Å². The number of rotatable bonds is 4. The molecule has 5 heteroatoms. The average molecular weight is 290 g/mol. The number of ether oxygens (including phenoxy) is 1. The Morgan fingerprint density at radius 2 is 2.05 bits per heavy atom. The van der Waals surface area contributed by atoms with E-state index in [9.17, 15) is 9.59 Å². The van der Waals surface area contributed by atoms with Crippen LogP contribution in [0.3, 0.4) is 0 Å². The van der Waals surface area contributed by atoms with Gasteiger partial charge >= 0.3 is 0 Å². The van der Waals surface area contributed by atoms with Crippen LogP contribution in [0.25, 0.3) is 0 Å². The maximum absolute atomic E-state index is 12.1. The normalized spacial score (nSPS) is 20.1. The number of nitrogens with one attached hydrogen (secondary N) is 2. The van der Waals surface area contributed by atoms with Crippen LogP contribution >= 0.6 is 0 Å². The third-order valence-electron chi connectivity index (χ3n) is 3.55. The lowest BCUT2D eigenvalue weighted by molar-refractivity contribution is -0.132. The molecule has 2 amide bonds. The first kappa shape index (κ1) is 15.4. The number of amides is 2. The van der Waals surface area contributed by atoms with Gasteiger partial charge in [-0.25, -0.2) is 0 Å². The molecule has 1 heterocycles. The van der Waals surface area contributed by atoms with Crippen molar-refractivity contribution < 1.29 is 14.3 Å². The molecular weight excluding hydrogens is 268 g/mol. The first-order valence-electron chi connectivity index (χ1n) is 7.37. The van der Waals surface area contributed by atoms with Gasteiger partial charge in [0, 0.05) is 6.54 Å². The molecule has 2 atom stereocenters. The van der Waals surface area contributed by atoms with E-state index in [4.69, 9.17) is 4.74 Å². The van der Waals surface area contributed by atoms with Gasteiger partial charge in [-0.15, -0.1) is 0 Å². The number of hydrogen-bond acceptors (Lipinski definition) is 3. The Hall–Kier alpha value is -2.04. The monoisotopic (exact) mass is 290 g/mol. The second-order valence-corrected chi connectivity index (χ2v) is 5.42. The molecule has 1 saturated heterocycles. The molecule has 0 unspecified atom stereocenters. The van der Waals surface area contributed by atoms with Gasteiger partial charge in [0.1, 0.15) is 11.8 Å². The van der Waals surface area contributed by atoms with Crippen LogP contribution < -0.4 is 15.4 Å². The van der Waals surface area contributed by atoms with Crippen LogP contribution in [0.4, 0.5) is 0 Å². The summed E-state index contributed by atoms with van der Waals surface area (Å²) in [6.07, 6.45) is 1.92. The quantitative estimate of drug-likeness (QED) is 0.884. The number of carbonyl (C=O) groups is 2. The maximum Gasteiger partial charge on any atom is 0.261 e. The highest BCUT2D eigenvalue weighted by atomic mass is 16.5. The Morgan fingerprint density at radius 3 is 2.76 bits per heavy atom. The van der Waals surface area contributed by atoms with E-state index in [1.54, 1.807) is 6.92 Å². The summed E-state index contributed by atoms with van der Waals surface area (Å²) >= 11 is 0. The smallest absolute Gasteiger partial charge is 0.261 e. The third-order valence-corrected chi connectivity index (χ3v) is 3.55. The molecule has 0 spiro atoms. The van der Waals surface area contributed by atoms with E-state index in [0.29, 0.717) is 18.7 Å². The minimum atomic E-state index is -0.635. The highest BCUT2D eigenvalue weighted by Gasteiger charge is 2.25. The van der Waals surface area contributed by atoms with Crippen LogP contribution in [0.5, 0.6) is 5.75 Å². The summed E-state index contributed by atoms with van der Waals surface area (Å²) in [5, 5.41) is 5.56. The molecule has 114 valence electrons. The van der Waals surface area contributed by atoms with Gasteiger partial charge in [-0.2, -0.15) is 0 Å². The van der Waals surface area contributed by atoms with Crippen molar-refractivity contribution >= 4 is 11.8 Å². The van der Waals surface area contributed by atoms with Gasteiger partial charge in [0.2, 0.25) is 5.91 Å². The molecule has 1 aromatic carbocycles. The Morgan fingerprint density at radius 1 is 1.33 bits per heavy atom. The fourth-order valence-electron chi connectivity index (χ4n) is 2.24. The second-order valence-electron chi connectivity index (χ2n) is 5.42. The summed E-state index contributed by atoms with van der Waals surface area (Å²) in [4.78, 5) is 23.9.